The number of halogens is 1. The van der Waals surface area contributed by atoms with Crippen molar-refractivity contribution in [3.8, 4) is 0 Å². The highest BCUT2D eigenvalue weighted by Crippen LogP contribution is 2.13. The Morgan fingerprint density at radius 3 is 2.67 bits per heavy atom. The van der Waals surface area contributed by atoms with Crippen LogP contribution < -0.4 is 5.32 Å². The molecule has 2 heterocycles. The second-order valence-corrected chi connectivity index (χ2v) is 9.02. The van der Waals surface area contributed by atoms with Gasteiger partial charge in [0.25, 0.3) is 0 Å². The predicted molar refractivity (Wildman–Crippen MR) is 121 cm³/mol. The summed E-state index contributed by atoms with van der Waals surface area (Å²) in [6.45, 7) is 5.82. The van der Waals surface area contributed by atoms with Crippen LogP contribution in [-0.4, -0.2) is 80.0 Å². The van der Waals surface area contributed by atoms with E-state index in [0.717, 1.165) is 37.6 Å². The van der Waals surface area contributed by atoms with Gasteiger partial charge in [-0.15, -0.1) is 24.0 Å². The molecule has 156 valence electrons. The largest absolute Gasteiger partial charge is 0.364 e. The quantitative estimate of drug-likeness (QED) is 0.225. The molecule has 27 heavy (non-hydrogen) atoms. The highest BCUT2D eigenvalue weighted by atomic mass is 127. The lowest BCUT2D eigenvalue weighted by Gasteiger charge is -2.35. The van der Waals surface area contributed by atoms with Gasteiger partial charge in [0, 0.05) is 45.3 Å². The zero-order chi connectivity index (χ0) is 18.8. The lowest BCUT2D eigenvalue weighted by Crippen LogP contribution is -2.53. The maximum atomic E-state index is 12.5. The van der Waals surface area contributed by atoms with Crippen molar-refractivity contribution in [1.29, 1.82) is 0 Å². The molecule has 1 aliphatic rings. The van der Waals surface area contributed by atoms with Crippen LogP contribution in [0.1, 0.15) is 25.5 Å². The Morgan fingerprint density at radius 2 is 2.07 bits per heavy atom. The lowest BCUT2D eigenvalue weighted by molar-refractivity contribution is 0.260. The monoisotopic (exact) mass is 531 g/mol. The summed E-state index contributed by atoms with van der Waals surface area (Å²) < 4.78 is 31.3. The van der Waals surface area contributed by atoms with Crippen LogP contribution in [0.5, 0.6) is 0 Å². The van der Waals surface area contributed by atoms with E-state index in [0.29, 0.717) is 31.9 Å². The summed E-state index contributed by atoms with van der Waals surface area (Å²) in [6.07, 6.45) is 5.74. The fourth-order valence-corrected chi connectivity index (χ4v) is 4.65. The van der Waals surface area contributed by atoms with E-state index in [-0.39, 0.29) is 29.7 Å². The molecule has 2 rings (SSSR count). The summed E-state index contributed by atoms with van der Waals surface area (Å²) >= 11 is 1.86. The number of unbranched alkanes of at least 4 members (excludes halogenated alkanes) is 1. The zero-order valence-corrected chi connectivity index (χ0v) is 19.9. The number of sulfonamides is 1. The van der Waals surface area contributed by atoms with E-state index in [1.165, 1.54) is 10.6 Å². The van der Waals surface area contributed by atoms with Gasteiger partial charge in [-0.1, -0.05) is 5.16 Å². The Balaban J connectivity index is 0.00000364. The predicted octanol–water partition coefficient (Wildman–Crippen LogP) is 1.85. The van der Waals surface area contributed by atoms with Crippen LogP contribution in [0.3, 0.4) is 0 Å². The highest BCUT2D eigenvalue weighted by Gasteiger charge is 2.28. The Hall–Kier alpha value is -0.530. The molecule has 0 amide bonds. The molecule has 11 heteroatoms. The van der Waals surface area contributed by atoms with Crippen molar-refractivity contribution in [2.45, 2.75) is 25.5 Å². The van der Waals surface area contributed by atoms with Gasteiger partial charge in [0.05, 0.1) is 5.69 Å². The number of rotatable bonds is 9. The van der Waals surface area contributed by atoms with Crippen LogP contribution in [0.25, 0.3) is 0 Å². The highest BCUT2D eigenvalue weighted by molar-refractivity contribution is 14.0. The second kappa shape index (κ2) is 12.8. The van der Waals surface area contributed by atoms with Crippen LogP contribution in [0.4, 0.5) is 0 Å². The number of piperazine rings is 1. The van der Waals surface area contributed by atoms with Gasteiger partial charge >= 0.3 is 0 Å². The molecule has 0 aromatic carbocycles. The molecule has 0 saturated carbocycles. The minimum Gasteiger partial charge on any atom is -0.364 e. The van der Waals surface area contributed by atoms with Crippen LogP contribution >= 0.6 is 35.7 Å². The number of aromatic nitrogens is 1. The molecular formula is C16H30IN5O3S2. The molecule has 0 radical (unpaired) electrons. The van der Waals surface area contributed by atoms with E-state index in [2.05, 4.69) is 26.6 Å². The van der Waals surface area contributed by atoms with Crippen molar-refractivity contribution < 1.29 is 12.9 Å². The molecular weight excluding hydrogens is 501 g/mol. The fourth-order valence-electron chi connectivity index (χ4n) is 2.74. The Labute approximate surface area is 183 Å². The van der Waals surface area contributed by atoms with Crippen LogP contribution in [-0.2, 0) is 15.8 Å². The number of hydrogen-bond donors (Lipinski definition) is 1. The van der Waals surface area contributed by atoms with E-state index in [4.69, 9.17) is 4.52 Å². The van der Waals surface area contributed by atoms with Crippen molar-refractivity contribution in [3.63, 3.8) is 0 Å². The summed E-state index contributed by atoms with van der Waals surface area (Å²) in [5, 5.41) is 7.01. The summed E-state index contributed by atoms with van der Waals surface area (Å²) in [4.78, 5) is 6.83. The van der Waals surface area contributed by atoms with Gasteiger partial charge in [-0.3, -0.25) is 4.99 Å². The Morgan fingerprint density at radius 1 is 1.33 bits per heavy atom. The topological polar surface area (TPSA) is 91.0 Å². The molecule has 0 spiro atoms. The molecule has 0 aliphatic carbocycles. The van der Waals surface area contributed by atoms with E-state index >= 15 is 0 Å². The third-order valence-corrected chi connectivity index (χ3v) is 6.62. The van der Waals surface area contributed by atoms with Gasteiger partial charge in [0.15, 0.2) is 5.96 Å². The van der Waals surface area contributed by atoms with Gasteiger partial charge in [0.2, 0.25) is 10.0 Å². The Kier molecular flexibility index (Phi) is 11.7. The van der Waals surface area contributed by atoms with E-state index in [1.54, 1.807) is 6.07 Å². The Bertz CT molecular complexity index is 647. The first-order valence-corrected chi connectivity index (χ1v) is 12.0. The zero-order valence-electron chi connectivity index (χ0n) is 16.0. The van der Waals surface area contributed by atoms with Gasteiger partial charge in [-0.05, 0) is 31.8 Å². The number of nitrogens with zero attached hydrogens (tertiary/aromatic N) is 4. The molecule has 1 aromatic heterocycles. The SMILES string of the molecule is CCNC(=NCCCCSC)N1CCN(S(=O)(=O)Cc2ccon2)CC1.I. The van der Waals surface area contributed by atoms with E-state index < -0.39 is 10.0 Å². The first-order valence-electron chi connectivity index (χ1n) is 8.96. The molecule has 0 atom stereocenters. The standard InChI is InChI=1S/C16H29N5O3S2.HI/c1-3-17-16(18-7-4-5-13-25-2)20-8-10-21(11-9-20)26(22,23)14-15-6-12-24-19-15;/h6,12H,3-5,7-11,13-14H2,1-2H3,(H,17,18);1H. The number of hydrogen-bond acceptors (Lipinski definition) is 6. The molecule has 8 nitrogen and oxygen atoms in total. The lowest BCUT2D eigenvalue weighted by atomic mass is 10.3. The van der Waals surface area contributed by atoms with Crippen molar-refractivity contribution in [2.24, 2.45) is 4.99 Å². The number of thioether (sulfide) groups is 1. The third kappa shape index (κ3) is 8.16. The van der Waals surface area contributed by atoms with Crippen molar-refractivity contribution in [2.75, 3.05) is 51.3 Å². The summed E-state index contributed by atoms with van der Waals surface area (Å²) in [7, 11) is -3.37. The minimum atomic E-state index is -3.37. The molecule has 1 N–H and O–H groups in total. The first kappa shape index (κ1) is 24.5. The van der Waals surface area contributed by atoms with Gasteiger partial charge < -0.3 is 14.7 Å². The second-order valence-electron chi connectivity index (χ2n) is 6.07. The van der Waals surface area contributed by atoms with Crippen molar-refractivity contribution in [1.82, 2.24) is 19.7 Å². The van der Waals surface area contributed by atoms with E-state index in [1.807, 2.05) is 18.7 Å². The van der Waals surface area contributed by atoms with E-state index in [9.17, 15) is 8.42 Å². The fraction of sp³-hybridized carbons (Fsp3) is 0.750. The van der Waals surface area contributed by atoms with Gasteiger partial charge in [-0.25, -0.2) is 8.42 Å². The van der Waals surface area contributed by atoms with Crippen LogP contribution in [0, 0.1) is 0 Å². The van der Waals surface area contributed by atoms with Crippen molar-refractivity contribution in [3.05, 3.63) is 18.0 Å². The van der Waals surface area contributed by atoms with Crippen LogP contribution in [0.2, 0.25) is 0 Å². The molecule has 0 bridgehead atoms. The van der Waals surface area contributed by atoms with Crippen molar-refractivity contribution >= 4 is 51.7 Å². The smallest absolute Gasteiger partial charge is 0.220 e. The normalized spacial score (nSPS) is 16.2. The maximum absolute atomic E-state index is 12.5. The van der Waals surface area contributed by atoms with Gasteiger partial charge in [0.1, 0.15) is 12.0 Å². The summed E-state index contributed by atoms with van der Waals surface area (Å²) in [5.41, 5.74) is 0.438. The molecule has 1 aromatic rings. The average molecular weight is 531 g/mol. The maximum Gasteiger partial charge on any atom is 0.220 e. The first-order chi connectivity index (χ1) is 12.6. The molecule has 1 fully saturated rings. The average Bonchev–Trinajstić information content (AvgIpc) is 3.13. The van der Waals surface area contributed by atoms with Crippen LogP contribution in [0.15, 0.2) is 21.8 Å². The third-order valence-electron chi connectivity index (χ3n) is 4.11. The van der Waals surface area contributed by atoms with Gasteiger partial charge in [-0.2, -0.15) is 16.1 Å². The summed E-state index contributed by atoms with van der Waals surface area (Å²) in [5.74, 6) is 1.92. The number of guanidine groups is 1. The molecule has 1 saturated heterocycles. The number of aliphatic imine (C=N–C) groups is 1. The minimum absolute atomic E-state index is 0. The molecule has 1 aliphatic heterocycles. The number of nitrogens with one attached hydrogen (secondary N) is 1. The summed E-state index contributed by atoms with van der Waals surface area (Å²) in [6, 6.07) is 1.58. The molecule has 0 unspecified atom stereocenters.